The molecule has 0 aliphatic heterocycles. The van der Waals surface area contributed by atoms with E-state index in [9.17, 15) is 5.11 Å². The highest BCUT2D eigenvalue weighted by atomic mass is 16.5. The Bertz CT molecular complexity index is 332. The zero-order valence-corrected chi connectivity index (χ0v) is 10.7. The number of aliphatic hydroxyl groups excluding tert-OH is 1. The number of ether oxygens (including phenoxy) is 1. The smallest absolute Gasteiger partial charge is 0.122 e. The van der Waals surface area contributed by atoms with Crippen molar-refractivity contribution < 1.29 is 9.84 Å². The molecule has 16 heavy (non-hydrogen) atoms. The van der Waals surface area contributed by atoms with Crippen LogP contribution in [0.3, 0.4) is 0 Å². The molecule has 0 saturated heterocycles. The average molecular weight is 222 g/mol. The maximum absolute atomic E-state index is 9.45. The first-order valence-corrected chi connectivity index (χ1v) is 5.96. The second-order valence-electron chi connectivity index (χ2n) is 4.53. The fourth-order valence-electron chi connectivity index (χ4n) is 1.44. The van der Waals surface area contributed by atoms with E-state index in [4.69, 9.17) is 4.74 Å². The van der Waals surface area contributed by atoms with Gasteiger partial charge in [0.25, 0.3) is 0 Å². The van der Waals surface area contributed by atoms with Crippen molar-refractivity contribution in [3.8, 4) is 5.75 Å². The Hall–Kier alpha value is -1.02. The molecule has 0 aliphatic rings. The molecule has 2 heteroatoms. The summed E-state index contributed by atoms with van der Waals surface area (Å²) >= 11 is 0. The highest BCUT2D eigenvalue weighted by Crippen LogP contribution is 2.23. The Kier molecular flexibility index (Phi) is 4.81. The highest BCUT2D eigenvalue weighted by Gasteiger charge is 2.06. The minimum absolute atomic E-state index is 0.415. The largest absolute Gasteiger partial charge is 0.493 e. The van der Waals surface area contributed by atoms with Gasteiger partial charge in [0.05, 0.1) is 12.7 Å². The van der Waals surface area contributed by atoms with E-state index in [0.717, 1.165) is 29.9 Å². The van der Waals surface area contributed by atoms with Crippen molar-refractivity contribution in [2.45, 2.75) is 40.2 Å². The Morgan fingerprint density at radius 3 is 2.50 bits per heavy atom. The minimum Gasteiger partial charge on any atom is -0.493 e. The normalized spacial score (nSPS) is 14.6. The molecular weight excluding hydrogens is 200 g/mol. The van der Waals surface area contributed by atoms with Gasteiger partial charge in [-0.3, -0.25) is 0 Å². The van der Waals surface area contributed by atoms with Gasteiger partial charge in [-0.2, -0.15) is 0 Å². The van der Waals surface area contributed by atoms with Crippen LogP contribution in [0.4, 0.5) is 0 Å². The summed E-state index contributed by atoms with van der Waals surface area (Å²) in [4.78, 5) is 0. The number of rotatable bonds is 5. The van der Waals surface area contributed by atoms with E-state index in [1.807, 2.05) is 25.1 Å². The molecule has 0 aliphatic carbocycles. The summed E-state index contributed by atoms with van der Waals surface area (Å²) in [5.74, 6) is 1.50. The predicted octanol–water partition coefficient (Wildman–Crippen LogP) is 3.47. The van der Waals surface area contributed by atoms with Crippen LogP contribution in [0.5, 0.6) is 5.75 Å². The van der Waals surface area contributed by atoms with Gasteiger partial charge in [-0.1, -0.05) is 26.3 Å². The average Bonchev–Trinajstić information content (AvgIpc) is 2.26. The minimum atomic E-state index is -0.415. The second-order valence-corrected chi connectivity index (χ2v) is 4.53. The molecule has 0 heterocycles. The Morgan fingerprint density at radius 1 is 1.31 bits per heavy atom. The quantitative estimate of drug-likeness (QED) is 0.826. The molecular formula is C14H22O2. The molecule has 0 radical (unpaired) electrons. The Morgan fingerprint density at radius 2 is 2.00 bits per heavy atom. The van der Waals surface area contributed by atoms with Gasteiger partial charge in [-0.25, -0.2) is 0 Å². The molecule has 0 amide bonds. The van der Waals surface area contributed by atoms with Crippen molar-refractivity contribution in [2.75, 3.05) is 6.61 Å². The van der Waals surface area contributed by atoms with Crippen LogP contribution in [0.25, 0.3) is 0 Å². The van der Waals surface area contributed by atoms with Crippen LogP contribution >= 0.6 is 0 Å². The van der Waals surface area contributed by atoms with E-state index in [-0.39, 0.29) is 0 Å². The molecule has 0 spiro atoms. The molecule has 2 atom stereocenters. The summed E-state index contributed by atoms with van der Waals surface area (Å²) in [6, 6.07) is 5.85. The fraction of sp³-hybridized carbons (Fsp3) is 0.571. The van der Waals surface area contributed by atoms with Crippen LogP contribution in [0, 0.1) is 12.8 Å². The number of aliphatic hydroxyl groups is 1. The lowest BCUT2D eigenvalue weighted by Crippen LogP contribution is -2.08. The van der Waals surface area contributed by atoms with Crippen molar-refractivity contribution in [2.24, 2.45) is 5.92 Å². The first-order chi connectivity index (χ1) is 7.54. The van der Waals surface area contributed by atoms with E-state index < -0.39 is 6.10 Å². The van der Waals surface area contributed by atoms with Gasteiger partial charge >= 0.3 is 0 Å². The van der Waals surface area contributed by atoms with E-state index in [0.29, 0.717) is 5.92 Å². The zero-order chi connectivity index (χ0) is 12.1. The summed E-state index contributed by atoms with van der Waals surface area (Å²) in [6.07, 6.45) is 0.715. The molecule has 0 bridgehead atoms. The topological polar surface area (TPSA) is 29.5 Å². The predicted molar refractivity (Wildman–Crippen MR) is 66.8 cm³/mol. The molecule has 1 unspecified atom stereocenters. The van der Waals surface area contributed by atoms with Crippen LogP contribution in [-0.4, -0.2) is 11.7 Å². The molecule has 1 aromatic carbocycles. The van der Waals surface area contributed by atoms with Crippen molar-refractivity contribution >= 4 is 0 Å². The summed E-state index contributed by atoms with van der Waals surface area (Å²) in [7, 11) is 0. The summed E-state index contributed by atoms with van der Waals surface area (Å²) in [5, 5.41) is 9.45. The number of aryl methyl sites for hydroxylation is 1. The summed E-state index contributed by atoms with van der Waals surface area (Å²) in [5.41, 5.74) is 2.02. The molecule has 2 nitrogen and oxygen atoms in total. The third-order valence-corrected chi connectivity index (χ3v) is 2.90. The first-order valence-electron chi connectivity index (χ1n) is 5.96. The standard InChI is InChI=1S/C14H22O2/c1-5-10(2)9-16-14-7-6-13(12(4)15)8-11(14)3/h6-8,10,12,15H,5,9H2,1-4H3/t10?,12-/m1/s1. The number of hydrogen-bond donors (Lipinski definition) is 1. The van der Waals surface area contributed by atoms with Crippen LogP contribution in [-0.2, 0) is 0 Å². The molecule has 0 fully saturated rings. The van der Waals surface area contributed by atoms with Crippen LogP contribution in [0.2, 0.25) is 0 Å². The monoisotopic (exact) mass is 222 g/mol. The van der Waals surface area contributed by atoms with Crippen LogP contribution < -0.4 is 4.74 Å². The summed E-state index contributed by atoms with van der Waals surface area (Å²) < 4.78 is 5.74. The fourth-order valence-corrected chi connectivity index (χ4v) is 1.44. The maximum Gasteiger partial charge on any atom is 0.122 e. The highest BCUT2D eigenvalue weighted by molar-refractivity contribution is 5.36. The third-order valence-electron chi connectivity index (χ3n) is 2.90. The van der Waals surface area contributed by atoms with Gasteiger partial charge in [0.15, 0.2) is 0 Å². The first kappa shape index (κ1) is 13.0. The maximum atomic E-state index is 9.45. The van der Waals surface area contributed by atoms with Crippen LogP contribution in [0.15, 0.2) is 18.2 Å². The summed E-state index contributed by atoms with van der Waals surface area (Å²) in [6.45, 7) is 8.88. The van der Waals surface area contributed by atoms with E-state index in [2.05, 4.69) is 13.8 Å². The lowest BCUT2D eigenvalue weighted by molar-refractivity contribution is 0.199. The number of hydrogen-bond acceptors (Lipinski definition) is 2. The third kappa shape index (κ3) is 3.53. The van der Waals surface area contributed by atoms with Crippen molar-refractivity contribution in [3.63, 3.8) is 0 Å². The lowest BCUT2D eigenvalue weighted by Gasteiger charge is -2.14. The SMILES string of the molecule is CCC(C)COc1ccc([C@@H](C)O)cc1C. The van der Waals surface area contributed by atoms with Gasteiger partial charge in [0.2, 0.25) is 0 Å². The Labute approximate surface area is 98.3 Å². The van der Waals surface area contributed by atoms with Crippen molar-refractivity contribution in [1.29, 1.82) is 0 Å². The molecule has 1 rings (SSSR count). The van der Waals surface area contributed by atoms with Gasteiger partial charge in [-0.15, -0.1) is 0 Å². The number of benzene rings is 1. The van der Waals surface area contributed by atoms with E-state index in [1.54, 1.807) is 6.92 Å². The van der Waals surface area contributed by atoms with Crippen molar-refractivity contribution in [1.82, 2.24) is 0 Å². The lowest BCUT2D eigenvalue weighted by atomic mass is 10.1. The molecule has 0 saturated carbocycles. The zero-order valence-electron chi connectivity index (χ0n) is 10.7. The molecule has 90 valence electrons. The van der Waals surface area contributed by atoms with Crippen molar-refractivity contribution in [3.05, 3.63) is 29.3 Å². The van der Waals surface area contributed by atoms with Crippen LogP contribution in [0.1, 0.15) is 44.4 Å². The molecule has 0 aromatic heterocycles. The van der Waals surface area contributed by atoms with Gasteiger partial charge < -0.3 is 9.84 Å². The van der Waals surface area contributed by atoms with Gasteiger partial charge in [0.1, 0.15) is 5.75 Å². The molecule has 1 N–H and O–H groups in total. The second kappa shape index (κ2) is 5.90. The Balaban J connectivity index is 2.68. The van der Waals surface area contributed by atoms with Gasteiger partial charge in [0, 0.05) is 0 Å². The van der Waals surface area contributed by atoms with E-state index in [1.165, 1.54) is 0 Å². The molecule has 1 aromatic rings. The van der Waals surface area contributed by atoms with E-state index >= 15 is 0 Å². The van der Waals surface area contributed by atoms with Gasteiger partial charge in [-0.05, 0) is 43.0 Å².